The van der Waals surface area contributed by atoms with Crippen LogP contribution in [0, 0.1) is 0 Å². The summed E-state index contributed by atoms with van der Waals surface area (Å²) in [7, 11) is 0. The molecule has 2 heterocycles. The highest BCUT2D eigenvalue weighted by molar-refractivity contribution is 6.04. The molecule has 4 aromatic carbocycles. The number of aromatic nitrogens is 3. The molecule has 0 spiro atoms. The smallest absolute Gasteiger partial charge is 0.407 e. The molecule has 0 aliphatic heterocycles. The Morgan fingerprint density at radius 1 is 0.740 bits per heavy atom. The van der Waals surface area contributed by atoms with E-state index in [1.54, 1.807) is 55.7 Å². The van der Waals surface area contributed by atoms with Gasteiger partial charge in [0.05, 0.1) is 17.4 Å². The van der Waals surface area contributed by atoms with Crippen LogP contribution in [0.4, 0.5) is 27.8 Å². The summed E-state index contributed by atoms with van der Waals surface area (Å²) in [6, 6.07) is 34.0. The topological polar surface area (TPSA) is 139 Å². The van der Waals surface area contributed by atoms with E-state index in [1.807, 2.05) is 78.9 Å². The number of alkyl carbamates (subject to hydrolysis) is 1. The Labute approximate surface area is 289 Å². The van der Waals surface area contributed by atoms with E-state index < -0.39 is 11.7 Å². The number of rotatable bonds is 9. The molecule has 2 aromatic heterocycles. The van der Waals surface area contributed by atoms with Crippen LogP contribution < -0.4 is 21.3 Å². The summed E-state index contributed by atoms with van der Waals surface area (Å²) in [6.07, 6.45) is 1.22. The number of ether oxygens (including phenoxy) is 1. The molecule has 0 aliphatic rings. The summed E-state index contributed by atoms with van der Waals surface area (Å²) in [5, 5.41) is 16.3. The lowest BCUT2D eigenvalue weighted by Crippen LogP contribution is -2.32. The molecule has 11 heteroatoms. The normalized spacial score (nSPS) is 11.1. The molecule has 0 aliphatic carbocycles. The van der Waals surface area contributed by atoms with Crippen LogP contribution in [0.3, 0.4) is 0 Å². The van der Waals surface area contributed by atoms with Crippen molar-refractivity contribution in [3.05, 3.63) is 127 Å². The van der Waals surface area contributed by atoms with Gasteiger partial charge in [-0.2, -0.15) is 5.10 Å². The van der Waals surface area contributed by atoms with Crippen molar-refractivity contribution < 1.29 is 19.1 Å². The van der Waals surface area contributed by atoms with E-state index in [0.29, 0.717) is 17.2 Å². The lowest BCUT2D eigenvalue weighted by Gasteiger charge is -2.19. The van der Waals surface area contributed by atoms with Crippen molar-refractivity contribution in [1.29, 1.82) is 0 Å². The van der Waals surface area contributed by atoms with Crippen LogP contribution in [0.5, 0.6) is 0 Å². The lowest BCUT2D eigenvalue weighted by atomic mass is 10.0. The van der Waals surface area contributed by atoms with Crippen LogP contribution in [0.25, 0.3) is 27.9 Å². The van der Waals surface area contributed by atoms with Crippen LogP contribution in [0.2, 0.25) is 0 Å². The minimum atomic E-state index is -0.575. The zero-order chi connectivity index (χ0) is 35.3. The average Bonchev–Trinajstić information content (AvgIpc) is 3.57. The molecule has 6 aromatic rings. The Kier molecular flexibility index (Phi) is 9.57. The van der Waals surface area contributed by atoms with E-state index in [9.17, 15) is 14.4 Å². The van der Waals surface area contributed by atoms with Crippen LogP contribution in [0.15, 0.2) is 115 Å². The van der Waals surface area contributed by atoms with Gasteiger partial charge in [-0.15, -0.1) is 0 Å². The first-order valence-electron chi connectivity index (χ1n) is 16.1. The molecule has 6 rings (SSSR count). The molecule has 3 amide bonds. The zero-order valence-corrected chi connectivity index (χ0v) is 28.2. The first-order chi connectivity index (χ1) is 24.0. The summed E-state index contributed by atoms with van der Waals surface area (Å²) in [5.74, 6) is 0.149. The summed E-state index contributed by atoms with van der Waals surface area (Å²) in [5.41, 5.74) is 7.38. The van der Waals surface area contributed by atoms with E-state index in [-0.39, 0.29) is 18.4 Å². The van der Waals surface area contributed by atoms with Gasteiger partial charge in [-0.25, -0.2) is 14.3 Å². The van der Waals surface area contributed by atoms with Gasteiger partial charge in [0.15, 0.2) is 0 Å². The summed E-state index contributed by atoms with van der Waals surface area (Å²) >= 11 is 0. The maximum absolute atomic E-state index is 12.9. The Morgan fingerprint density at radius 2 is 1.42 bits per heavy atom. The van der Waals surface area contributed by atoms with Crippen LogP contribution in [-0.2, 0) is 16.1 Å². The first kappa shape index (κ1) is 33.4. The maximum Gasteiger partial charge on any atom is 0.407 e. The van der Waals surface area contributed by atoms with Crippen LogP contribution >= 0.6 is 0 Å². The first-order valence-corrected chi connectivity index (χ1v) is 16.1. The number of amides is 3. The third-order valence-electron chi connectivity index (χ3n) is 7.51. The fourth-order valence-corrected chi connectivity index (χ4v) is 5.23. The Morgan fingerprint density at radius 3 is 2.14 bits per heavy atom. The van der Waals surface area contributed by atoms with Crippen molar-refractivity contribution in [1.82, 2.24) is 19.9 Å². The molecule has 50 heavy (non-hydrogen) atoms. The Balaban J connectivity index is 1.13. The molecule has 0 saturated heterocycles. The predicted molar refractivity (Wildman–Crippen MR) is 195 cm³/mol. The van der Waals surface area contributed by atoms with Gasteiger partial charge in [0, 0.05) is 41.7 Å². The second kappa shape index (κ2) is 14.3. The number of hydrogen-bond donors (Lipinski definition) is 4. The Hall–Kier alpha value is -6.49. The number of carbonyl (C=O) groups is 3. The SMILES string of the molecule is CC(=O)Nc1cccc(-c2cccc(-c3cc4ccnn4c(Nc4ccc(NC(=O)c5ccc(CNC(=O)OC(C)(C)C)cc5)cc4)n3)c2)c1. The molecule has 0 fully saturated rings. The van der Waals surface area contributed by atoms with E-state index in [0.717, 1.165) is 44.8 Å². The van der Waals surface area contributed by atoms with Gasteiger partial charge in [0.25, 0.3) is 5.91 Å². The number of nitrogens with one attached hydrogen (secondary N) is 4. The predicted octanol–water partition coefficient (Wildman–Crippen LogP) is 8.04. The van der Waals surface area contributed by atoms with Crippen molar-refractivity contribution in [2.24, 2.45) is 0 Å². The molecule has 0 saturated carbocycles. The van der Waals surface area contributed by atoms with Gasteiger partial charge >= 0.3 is 6.09 Å². The molecule has 252 valence electrons. The number of hydrogen-bond acceptors (Lipinski definition) is 7. The highest BCUT2D eigenvalue weighted by Gasteiger charge is 2.16. The second-order valence-corrected chi connectivity index (χ2v) is 12.7. The number of nitrogens with zero attached hydrogens (tertiary/aromatic N) is 3. The fraction of sp³-hybridized carbons (Fsp3) is 0.154. The molecule has 0 unspecified atom stereocenters. The molecular formula is C39H37N7O4. The lowest BCUT2D eigenvalue weighted by molar-refractivity contribution is -0.114. The van der Waals surface area contributed by atoms with Crippen LogP contribution in [-0.4, -0.2) is 38.1 Å². The Bertz CT molecular complexity index is 2170. The highest BCUT2D eigenvalue weighted by Crippen LogP contribution is 2.29. The summed E-state index contributed by atoms with van der Waals surface area (Å²) in [4.78, 5) is 41.3. The number of carbonyl (C=O) groups excluding carboxylic acids is 3. The number of anilines is 4. The van der Waals surface area contributed by atoms with Gasteiger partial charge in [-0.1, -0.05) is 42.5 Å². The van der Waals surface area contributed by atoms with E-state index in [1.165, 1.54) is 6.92 Å². The molecule has 0 bridgehead atoms. The average molecular weight is 668 g/mol. The largest absolute Gasteiger partial charge is 0.444 e. The molecule has 11 nitrogen and oxygen atoms in total. The van der Waals surface area contributed by atoms with E-state index >= 15 is 0 Å². The number of fused-ring (bicyclic) bond motifs is 1. The molecule has 0 radical (unpaired) electrons. The third kappa shape index (κ3) is 8.50. The van der Waals surface area contributed by atoms with Gasteiger partial charge in [-0.3, -0.25) is 9.59 Å². The monoisotopic (exact) mass is 667 g/mol. The summed E-state index contributed by atoms with van der Waals surface area (Å²) in [6.45, 7) is 7.19. The van der Waals surface area contributed by atoms with Crippen molar-refractivity contribution in [2.45, 2.75) is 39.8 Å². The maximum atomic E-state index is 12.9. The highest BCUT2D eigenvalue weighted by atomic mass is 16.6. The van der Waals surface area contributed by atoms with Crippen molar-refractivity contribution in [3.63, 3.8) is 0 Å². The van der Waals surface area contributed by atoms with E-state index in [4.69, 9.17) is 9.72 Å². The second-order valence-electron chi connectivity index (χ2n) is 12.7. The molecule has 0 atom stereocenters. The van der Waals surface area contributed by atoms with Gasteiger partial charge in [-0.05, 0) is 104 Å². The fourth-order valence-electron chi connectivity index (χ4n) is 5.23. The number of benzene rings is 4. The van der Waals surface area contributed by atoms with Gasteiger partial charge in [0.1, 0.15) is 5.60 Å². The molecular weight excluding hydrogens is 630 g/mol. The van der Waals surface area contributed by atoms with Crippen molar-refractivity contribution >= 4 is 46.4 Å². The zero-order valence-electron chi connectivity index (χ0n) is 28.2. The minimum Gasteiger partial charge on any atom is -0.444 e. The minimum absolute atomic E-state index is 0.122. The van der Waals surface area contributed by atoms with Crippen molar-refractivity contribution in [3.8, 4) is 22.4 Å². The summed E-state index contributed by atoms with van der Waals surface area (Å²) < 4.78 is 6.99. The van der Waals surface area contributed by atoms with Crippen LogP contribution in [0.1, 0.15) is 43.6 Å². The quantitative estimate of drug-likeness (QED) is 0.122. The van der Waals surface area contributed by atoms with Gasteiger partial charge in [0.2, 0.25) is 11.9 Å². The van der Waals surface area contributed by atoms with Gasteiger partial charge < -0.3 is 26.0 Å². The standard InChI is InChI=1S/C39H37N7O4/c1-25(47)42-33-10-6-8-29(22-33)28-7-5-9-30(21-28)35-23-34-19-20-41-46(34)37(45-35)44-32-17-15-31(16-18-32)43-36(48)27-13-11-26(12-14-27)24-40-38(49)50-39(2,3)4/h5-23H,24H2,1-4H3,(H,40,49)(H,42,47)(H,43,48)(H,44,45). The van der Waals surface area contributed by atoms with Crippen molar-refractivity contribution in [2.75, 3.05) is 16.0 Å². The third-order valence-corrected chi connectivity index (χ3v) is 7.51. The molecule has 4 N–H and O–H groups in total. The van der Waals surface area contributed by atoms with E-state index in [2.05, 4.69) is 32.4 Å².